The molecule has 0 atom stereocenters. The van der Waals surface area contributed by atoms with Gasteiger partial charge in [0, 0.05) is 11.3 Å². The van der Waals surface area contributed by atoms with Crippen LogP contribution >= 0.6 is 27.7 Å². The number of hydrogen-bond acceptors (Lipinski definition) is 4. The highest BCUT2D eigenvalue weighted by Gasteiger charge is 2.05. The van der Waals surface area contributed by atoms with Crippen molar-refractivity contribution in [3.8, 4) is 5.75 Å². The van der Waals surface area contributed by atoms with Gasteiger partial charge in [-0.1, -0.05) is 49.0 Å². The van der Waals surface area contributed by atoms with Gasteiger partial charge in [-0.2, -0.15) is 5.10 Å². The van der Waals surface area contributed by atoms with Gasteiger partial charge >= 0.3 is 0 Å². The summed E-state index contributed by atoms with van der Waals surface area (Å²) in [4.78, 5) is 0. The number of hydrogen-bond donors (Lipinski definition) is 2. The molecule has 0 heterocycles. The van der Waals surface area contributed by atoms with E-state index in [4.69, 9.17) is 5.73 Å². The monoisotopic (exact) mass is 391 g/mol. The summed E-state index contributed by atoms with van der Waals surface area (Å²) in [5.74, 6) is 0.894. The number of thioether (sulfide) groups is 1. The molecular weight excluding hydrogens is 374 g/mol. The molecule has 2 rings (SSSR count). The van der Waals surface area contributed by atoms with Gasteiger partial charge in [0.25, 0.3) is 0 Å². The average Bonchev–Trinajstić information content (AvgIpc) is 2.57. The Morgan fingerprint density at radius 1 is 1.26 bits per heavy atom. The van der Waals surface area contributed by atoms with Gasteiger partial charge in [0.15, 0.2) is 5.17 Å². The Morgan fingerprint density at radius 3 is 2.70 bits per heavy atom. The van der Waals surface area contributed by atoms with Crippen LogP contribution in [0.3, 0.4) is 0 Å². The normalized spacial score (nSPS) is 12.0. The fourth-order valence-corrected chi connectivity index (χ4v) is 3.02. The molecular formula is C17H18BrN3OS. The molecule has 0 amide bonds. The van der Waals surface area contributed by atoms with Crippen molar-refractivity contribution in [3.05, 3.63) is 63.6 Å². The molecule has 0 fully saturated rings. The third-order valence-electron chi connectivity index (χ3n) is 3.14. The molecule has 4 nitrogen and oxygen atoms in total. The first-order valence-corrected chi connectivity index (χ1v) is 8.92. The SMILES string of the molecule is CCc1cc(Br)c(O)c(C=NN=C(N)SCc2ccccc2)c1. The topological polar surface area (TPSA) is 71.0 Å². The molecule has 0 aliphatic rings. The summed E-state index contributed by atoms with van der Waals surface area (Å²) in [5.41, 5.74) is 8.73. The van der Waals surface area contributed by atoms with Gasteiger partial charge in [-0.25, -0.2) is 0 Å². The highest BCUT2D eigenvalue weighted by molar-refractivity contribution is 9.10. The molecule has 0 aliphatic carbocycles. The molecule has 0 bridgehead atoms. The summed E-state index contributed by atoms with van der Waals surface area (Å²) in [7, 11) is 0. The van der Waals surface area contributed by atoms with E-state index < -0.39 is 0 Å². The largest absolute Gasteiger partial charge is 0.506 e. The number of aryl methyl sites for hydroxylation is 1. The second kappa shape index (κ2) is 8.74. The first-order chi connectivity index (χ1) is 11.1. The zero-order valence-electron chi connectivity index (χ0n) is 12.7. The van der Waals surface area contributed by atoms with Crippen molar-refractivity contribution in [2.45, 2.75) is 19.1 Å². The van der Waals surface area contributed by atoms with Crippen LogP contribution in [0.25, 0.3) is 0 Å². The minimum atomic E-state index is 0.150. The van der Waals surface area contributed by atoms with Crippen LogP contribution in [0.5, 0.6) is 5.75 Å². The molecule has 0 aromatic heterocycles. The number of aromatic hydroxyl groups is 1. The van der Waals surface area contributed by atoms with Gasteiger partial charge in [0.2, 0.25) is 0 Å². The predicted octanol–water partition coefficient (Wildman–Crippen LogP) is 4.30. The van der Waals surface area contributed by atoms with Gasteiger partial charge in [-0.15, -0.1) is 5.10 Å². The number of benzene rings is 2. The number of halogens is 1. The van der Waals surface area contributed by atoms with Crippen LogP contribution in [0.1, 0.15) is 23.6 Å². The van der Waals surface area contributed by atoms with E-state index in [2.05, 4.69) is 33.1 Å². The van der Waals surface area contributed by atoms with Gasteiger partial charge in [0.05, 0.1) is 10.7 Å². The van der Waals surface area contributed by atoms with Crippen LogP contribution < -0.4 is 5.73 Å². The number of rotatable bonds is 5. The lowest BCUT2D eigenvalue weighted by Gasteiger charge is -2.04. The van der Waals surface area contributed by atoms with Crippen molar-refractivity contribution in [1.82, 2.24) is 0 Å². The molecule has 0 aliphatic heterocycles. The van der Waals surface area contributed by atoms with Gasteiger partial charge in [-0.05, 0) is 45.6 Å². The second-order valence-corrected chi connectivity index (χ2v) is 6.68. The van der Waals surface area contributed by atoms with Crippen molar-refractivity contribution >= 4 is 39.1 Å². The first kappa shape index (κ1) is 17.6. The van der Waals surface area contributed by atoms with E-state index in [1.54, 1.807) is 0 Å². The van der Waals surface area contributed by atoms with Gasteiger partial charge in [-0.3, -0.25) is 0 Å². The first-order valence-electron chi connectivity index (χ1n) is 7.14. The van der Waals surface area contributed by atoms with Crippen molar-refractivity contribution in [3.63, 3.8) is 0 Å². The van der Waals surface area contributed by atoms with E-state index in [0.29, 0.717) is 15.2 Å². The Morgan fingerprint density at radius 2 is 2.00 bits per heavy atom. The average molecular weight is 392 g/mol. The molecule has 0 saturated carbocycles. The molecule has 23 heavy (non-hydrogen) atoms. The van der Waals surface area contributed by atoms with Crippen LogP contribution in [0, 0.1) is 0 Å². The van der Waals surface area contributed by atoms with Crippen molar-refractivity contribution < 1.29 is 5.11 Å². The van der Waals surface area contributed by atoms with Crippen LogP contribution in [-0.4, -0.2) is 16.5 Å². The van der Waals surface area contributed by atoms with E-state index in [1.807, 2.05) is 42.5 Å². The minimum absolute atomic E-state index is 0.150. The van der Waals surface area contributed by atoms with E-state index in [1.165, 1.54) is 23.5 Å². The van der Waals surface area contributed by atoms with Crippen molar-refractivity contribution in [1.29, 1.82) is 0 Å². The maximum absolute atomic E-state index is 10.0. The molecule has 2 aromatic rings. The Balaban J connectivity index is 2.01. The number of phenols is 1. The van der Waals surface area contributed by atoms with Crippen LogP contribution in [-0.2, 0) is 12.2 Å². The predicted molar refractivity (Wildman–Crippen MR) is 102 cm³/mol. The molecule has 2 aromatic carbocycles. The van der Waals surface area contributed by atoms with Crippen LogP contribution in [0.15, 0.2) is 57.1 Å². The molecule has 6 heteroatoms. The molecule has 120 valence electrons. The fraction of sp³-hybridized carbons (Fsp3) is 0.176. The third-order valence-corrected chi connectivity index (χ3v) is 4.60. The highest BCUT2D eigenvalue weighted by Crippen LogP contribution is 2.28. The highest BCUT2D eigenvalue weighted by atomic mass is 79.9. The molecule has 0 unspecified atom stereocenters. The second-order valence-electron chi connectivity index (χ2n) is 4.83. The van der Waals surface area contributed by atoms with Crippen LogP contribution in [0.2, 0.25) is 0 Å². The summed E-state index contributed by atoms with van der Waals surface area (Å²) in [6.07, 6.45) is 2.38. The molecule has 3 N–H and O–H groups in total. The molecule has 0 radical (unpaired) electrons. The standard InChI is InChI=1S/C17H18BrN3OS/c1-2-12-8-14(16(22)15(18)9-12)10-20-21-17(19)23-11-13-6-4-3-5-7-13/h3-10,22H,2,11H2,1H3,(H2,19,21). The summed E-state index contributed by atoms with van der Waals surface area (Å²) in [6, 6.07) is 13.8. The maximum atomic E-state index is 10.0. The third kappa shape index (κ3) is 5.41. The minimum Gasteiger partial charge on any atom is -0.506 e. The van der Waals surface area contributed by atoms with Gasteiger partial charge < -0.3 is 10.8 Å². The summed E-state index contributed by atoms with van der Waals surface area (Å²) in [5, 5.41) is 18.3. The number of nitrogens with two attached hydrogens (primary N) is 1. The van der Waals surface area contributed by atoms with E-state index >= 15 is 0 Å². The Kier molecular flexibility index (Phi) is 6.67. The maximum Gasteiger partial charge on any atom is 0.180 e. The zero-order chi connectivity index (χ0) is 16.7. The van der Waals surface area contributed by atoms with Crippen molar-refractivity contribution in [2.24, 2.45) is 15.9 Å². The van der Waals surface area contributed by atoms with E-state index in [0.717, 1.165) is 17.7 Å². The molecule has 0 spiro atoms. The fourth-order valence-electron chi connectivity index (χ4n) is 1.89. The van der Waals surface area contributed by atoms with E-state index in [9.17, 15) is 5.11 Å². The lowest BCUT2D eigenvalue weighted by Crippen LogP contribution is -2.06. The molecule has 0 saturated heterocycles. The lowest BCUT2D eigenvalue weighted by molar-refractivity contribution is 0.471. The van der Waals surface area contributed by atoms with Crippen molar-refractivity contribution in [2.75, 3.05) is 0 Å². The Hall–Kier alpha value is -1.79. The quantitative estimate of drug-likeness (QED) is 0.453. The summed E-state index contributed by atoms with van der Waals surface area (Å²) < 4.78 is 0.647. The smallest absolute Gasteiger partial charge is 0.180 e. The lowest BCUT2D eigenvalue weighted by atomic mass is 10.1. The van der Waals surface area contributed by atoms with Crippen LogP contribution in [0.4, 0.5) is 0 Å². The summed E-state index contributed by atoms with van der Waals surface area (Å²) >= 11 is 4.75. The summed E-state index contributed by atoms with van der Waals surface area (Å²) in [6.45, 7) is 2.05. The number of nitrogens with zero attached hydrogens (tertiary/aromatic N) is 2. The Bertz CT molecular complexity index is 717. The zero-order valence-corrected chi connectivity index (χ0v) is 15.1. The van der Waals surface area contributed by atoms with Gasteiger partial charge in [0.1, 0.15) is 5.75 Å². The Labute approximate surface area is 148 Å². The number of amidine groups is 1. The van der Waals surface area contributed by atoms with E-state index in [-0.39, 0.29) is 5.75 Å². The number of phenolic OH excluding ortho intramolecular Hbond substituents is 1.